The molecule has 1 N–H and O–H groups in total. The van der Waals surface area contributed by atoms with Crippen LogP contribution in [0.15, 0.2) is 35.7 Å². The van der Waals surface area contributed by atoms with Crippen molar-refractivity contribution in [3.63, 3.8) is 0 Å². The Morgan fingerprint density at radius 1 is 1.25 bits per heavy atom. The number of likely N-dealkylation sites (tertiary alicyclic amines) is 1. The van der Waals surface area contributed by atoms with Gasteiger partial charge in [0.25, 0.3) is 5.91 Å². The van der Waals surface area contributed by atoms with Gasteiger partial charge in [0, 0.05) is 17.0 Å². The topological polar surface area (TPSA) is 49.4 Å². The molecule has 1 fully saturated rings. The summed E-state index contributed by atoms with van der Waals surface area (Å²) in [5.74, 6) is -0.409. The van der Waals surface area contributed by atoms with Crippen LogP contribution in [-0.2, 0) is 4.79 Å². The van der Waals surface area contributed by atoms with Crippen LogP contribution in [0.3, 0.4) is 0 Å². The van der Waals surface area contributed by atoms with Crippen molar-refractivity contribution in [2.75, 3.05) is 13.1 Å². The lowest BCUT2D eigenvalue weighted by Gasteiger charge is -2.24. The first-order valence-electron chi connectivity index (χ1n) is 7.62. The number of benzene rings is 1. The van der Waals surface area contributed by atoms with E-state index in [0.717, 1.165) is 19.4 Å². The van der Waals surface area contributed by atoms with Gasteiger partial charge >= 0.3 is 0 Å². The van der Waals surface area contributed by atoms with Gasteiger partial charge in [0.2, 0.25) is 5.91 Å². The minimum atomic E-state index is -0.339. The molecule has 1 saturated heterocycles. The Morgan fingerprint density at radius 2 is 2.08 bits per heavy atom. The van der Waals surface area contributed by atoms with Crippen molar-refractivity contribution in [3.05, 3.63) is 56.2 Å². The fourth-order valence-corrected chi connectivity index (χ4v) is 4.01. The lowest BCUT2D eigenvalue weighted by Crippen LogP contribution is -2.39. The number of halogens is 2. The summed E-state index contributed by atoms with van der Waals surface area (Å²) in [5, 5.41) is 5.38. The van der Waals surface area contributed by atoms with E-state index in [-0.39, 0.29) is 24.4 Å². The highest BCUT2D eigenvalue weighted by Crippen LogP contribution is 2.34. The second-order valence-electron chi connectivity index (χ2n) is 5.57. The molecule has 0 saturated carbocycles. The summed E-state index contributed by atoms with van der Waals surface area (Å²) in [7, 11) is 0. The Labute approximate surface area is 154 Å². The minimum absolute atomic E-state index is 0.0268. The molecule has 4 nitrogen and oxygen atoms in total. The lowest BCUT2D eigenvalue weighted by molar-refractivity contribution is -0.131. The van der Waals surface area contributed by atoms with Crippen LogP contribution >= 0.6 is 34.5 Å². The van der Waals surface area contributed by atoms with E-state index in [9.17, 15) is 9.59 Å². The van der Waals surface area contributed by atoms with Gasteiger partial charge in [-0.25, -0.2) is 0 Å². The molecule has 2 heterocycles. The maximum atomic E-state index is 12.5. The molecule has 1 aliphatic rings. The second kappa shape index (κ2) is 7.55. The first-order chi connectivity index (χ1) is 11.6. The molecule has 3 rings (SSSR count). The molecule has 126 valence electrons. The molecule has 24 heavy (non-hydrogen) atoms. The van der Waals surface area contributed by atoms with Crippen LogP contribution in [0.1, 0.15) is 34.1 Å². The van der Waals surface area contributed by atoms with Crippen LogP contribution in [0.2, 0.25) is 10.0 Å². The molecule has 1 unspecified atom stereocenters. The molecule has 1 atom stereocenters. The van der Waals surface area contributed by atoms with Gasteiger partial charge in [0.15, 0.2) is 0 Å². The number of nitrogens with one attached hydrogen (secondary N) is 1. The number of carbonyl (C=O) groups excluding carboxylic acids is 2. The summed E-state index contributed by atoms with van der Waals surface area (Å²) in [6.45, 7) is 0.699. The lowest BCUT2D eigenvalue weighted by atomic mass is 10.2. The average Bonchev–Trinajstić information content (AvgIpc) is 3.25. The van der Waals surface area contributed by atoms with Gasteiger partial charge in [-0.2, -0.15) is 0 Å². The monoisotopic (exact) mass is 382 g/mol. The van der Waals surface area contributed by atoms with Crippen LogP contribution in [0, 0.1) is 0 Å². The summed E-state index contributed by atoms with van der Waals surface area (Å²) >= 11 is 13.4. The van der Waals surface area contributed by atoms with E-state index in [4.69, 9.17) is 23.2 Å². The minimum Gasteiger partial charge on any atom is -0.343 e. The fourth-order valence-electron chi connectivity index (χ4n) is 2.84. The molecule has 7 heteroatoms. The maximum Gasteiger partial charge on any atom is 0.251 e. The van der Waals surface area contributed by atoms with Crippen LogP contribution in [0.25, 0.3) is 0 Å². The zero-order valence-corrected chi connectivity index (χ0v) is 15.1. The van der Waals surface area contributed by atoms with E-state index in [1.165, 1.54) is 10.9 Å². The summed E-state index contributed by atoms with van der Waals surface area (Å²) in [6, 6.07) is 8.81. The molecule has 0 bridgehead atoms. The number of carbonyl (C=O) groups is 2. The third-order valence-corrected chi connectivity index (χ3v) is 5.74. The summed E-state index contributed by atoms with van der Waals surface area (Å²) in [6.07, 6.45) is 1.95. The number of hydrogen-bond acceptors (Lipinski definition) is 3. The van der Waals surface area contributed by atoms with Gasteiger partial charge in [0.1, 0.15) is 0 Å². The molecule has 0 spiro atoms. The molecule has 1 aromatic heterocycles. The van der Waals surface area contributed by atoms with E-state index in [2.05, 4.69) is 11.4 Å². The van der Waals surface area contributed by atoms with E-state index < -0.39 is 0 Å². The number of nitrogens with zero attached hydrogens (tertiary/aromatic N) is 1. The van der Waals surface area contributed by atoms with Crippen LogP contribution in [0.5, 0.6) is 0 Å². The van der Waals surface area contributed by atoms with Crippen LogP contribution in [0.4, 0.5) is 0 Å². The largest absolute Gasteiger partial charge is 0.343 e. The Bertz CT molecular complexity index is 749. The highest BCUT2D eigenvalue weighted by Gasteiger charge is 2.30. The summed E-state index contributed by atoms with van der Waals surface area (Å²) in [5.41, 5.74) is 0.383. The van der Waals surface area contributed by atoms with E-state index in [0.29, 0.717) is 15.6 Å². The number of rotatable bonds is 4. The van der Waals surface area contributed by atoms with E-state index in [1.54, 1.807) is 23.5 Å². The standard InChI is InChI=1S/C17H16Cl2N2O2S/c18-12-6-5-11(9-13(12)19)17(23)20-10-16(22)21-7-1-3-14(21)15-4-2-8-24-15/h2,4-6,8-9,14H,1,3,7,10H2,(H,20,23). The van der Waals surface area contributed by atoms with Crippen LogP contribution in [-0.4, -0.2) is 29.8 Å². The molecule has 2 amide bonds. The molecule has 1 aromatic carbocycles. The second-order valence-corrected chi connectivity index (χ2v) is 7.37. The first-order valence-corrected chi connectivity index (χ1v) is 9.26. The highest BCUT2D eigenvalue weighted by atomic mass is 35.5. The molecule has 0 radical (unpaired) electrons. The number of thiophene rings is 1. The van der Waals surface area contributed by atoms with E-state index >= 15 is 0 Å². The quantitative estimate of drug-likeness (QED) is 0.863. The van der Waals surface area contributed by atoms with Crippen molar-refractivity contribution in [2.45, 2.75) is 18.9 Å². The average molecular weight is 383 g/mol. The molecule has 1 aliphatic heterocycles. The summed E-state index contributed by atoms with van der Waals surface area (Å²) < 4.78 is 0. The van der Waals surface area contributed by atoms with Crippen molar-refractivity contribution < 1.29 is 9.59 Å². The summed E-state index contributed by atoms with van der Waals surface area (Å²) in [4.78, 5) is 27.7. The zero-order chi connectivity index (χ0) is 17.1. The molecular weight excluding hydrogens is 367 g/mol. The van der Waals surface area contributed by atoms with E-state index in [1.807, 2.05) is 16.3 Å². The number of amides is 2. The Kier molecular flexibility index (Phi) is 5.43. The van der Waals surface area contributed by atoms with Crippen molar-refractivity contribution in [1.29, 1.82) is 0 Å². The van der Waals surface area contributed by atoms with Gasteiger partial charge in [0.05, 0.1) is 22.6 Å². The Balaban J connectivity index is 1.60. The third-order valence-electron chi connectivity index (χ3n) is 4.03. The Morgan fingerprint density at radius 3 is 2.79 bits per heavy atom. The van der Waals surface area contributed by atoms with Gasteiger partial charge in [-0.05, 0) is 42.5 Å². The molecular formula is C17H16Cl2N2O2S. The Hall–Kier alpha value is -1.56. The fraction of sp³-hybridized carbons (Fsp3) is 0.294. The molecule has 2 aromatic rings. The van der Waals surface area contributed by atoms with Crippen LogP contribution < -0.4 is 5.32 Å². The zero-order valence-electron chi connectivity index (χ0n) is 12.8. The molecule has 0 aliphatic carbocycles. The van der Waals surface area contributed by atoms with Gasteiger partial charge < -0.3 is 10.2 Å². The van der Waals surface area contributed by atoms with Crippen molar-refractivity contribution >= 4 is 46.4 Å². The van der Waals surface area contributed by atoms with Gasteiger partial charge in [-0.15, -0.1) is 11.3 Å². The predicted octanol–water partition coefficient (Wildman–Crippen LogP) is 4.15. The SMILES string of the molecule is O=C(NCC(=O)N1CCCC1c1cccs1)c1ccc(Cl)c(Cl)c1. The van der Waals surface area contributed by atoms with Gasteiger partial charge in [-0.3, -0.25) is 9.59 Å². The predicted molar refractivity (Wildman–Crippen MR) is 96.8 cm³/mol. The highest BCUT2D eigenvalue weighted by molar-refractivity contribution is 7.10. The normalized spacial score (nSPS) is 17.1. The van der Waals surface area contributed by atoms with Crippen molar-refractivity contribution in [1.82, 2.24) is 10.2 Å². The first kappa shape index (κ1) is 17.3. The van der Waals surface area contributed by atoms with Gasteiger partial charge in [-0.1, -0.05) is 29.3 Å². The smallest absolute Gasteiger partial charge is 0.251 e. The number of hydrogen-bond donors (Lipinski definition) is 1. The third kappa shape index (κ3) is 3.74. The maximum absolute atomic E-state index is 12.5. The van der Waals surface area contributed by atoms with Crippen molar-refractivity contribution in [3.8, 4) is 0 Å². The van der Waals surface area contributed by atoms with Crippen molar-refractivity contribution in [2.24, 2.45) is 0 Å².